The van der Waals surface area contributed by atoms with Crippen molar-refractivity contribution < 1.29 is 13.5 Å². The average Bonchev–Trinajstić information content (AvgIpc) is 2.76. The highest BCUT2D eigenvalue weighted by Crippen LogP contribution is 2.36. The van der Waals surface area contributed by atoms with Gasteiger partial charge in [-0.05, 0) is 79.7 Å². The predicted octanol–water partition coefficient (Wildman–Crippen LogP) is 7.98. The van der Waals surface area contributed by atoms with Gasteiger partial charge in [-0.3, -0.25) is 0 Å². The molecule has 0 amide bonds. The molecule has 0 aliphatic heterocycles. The van der Waals surface area contributed by atoms with Crippen LogP contribution in [0.3, 0.4) is 0 Å². The van der Waals surface area contributed by atoms with Gasteiger partial charge in [0.15, 0.2) is 0 Å². The number of allylic oxidation sites excluding steroid dienone is 1. The summed E-state index contributed by atoms with van der Waals surface area (Å²) in [6.07, 6.45) is 11.2. The first-order chi connectivity index (χ1) is 14.6. The number of hydrogen-bond donors (Lipinski definition) is 0. The summed E-state index contributed by atoms with van der Waals surface area (Å²) >= 11 is 0. The molecular weight excluding hydrogens is 378 g/mol. The lowest BCUT2D eigenvalue weighted by Crippen LogP contribution is -2.21. The van der Waals surface area contributed by atoms with E-state index in [2.05, 4.69) is 13.5 Å². The molecule has 1 fully saturated rings. The first-order valence-corrected chi connectivity index (χ1v) is 11.4. The van der Waals surface area contributed by atoms with Crippen LogP contribution in [0.15, 0.2) is 49.1 Å². The Kier molecular flexibility index (Phi) is 8.62. The third kappa shape index (κ3) is 6.01. The third-order valence-corrected chi connectivity index (χ3v) is 6.22. The lowest BCUT2D eigenvalue weighted by Gasteiger charge is -2.29. The Morgan fingerprint density at radius 2 is 1.80 bits per heavy atom. The molecular formula is C27H34F2O. The molecule has 1 aliphatic carbocycles. The van der Waals surface area contributed by atoms with Crippen molar-refractivity contribution in [3.8, 4) is 11.1 Å². The van der Waals surface area contributed by atoms with Gasteiger partial charge in [-0.1, -0.05) is 50.1 Å². The maximum atomic E-state index is 14.9. The maximum absolute atomic E-state index is 14.9. The Labute approximate surface area is 180 Å². The van der Waals surface area contributed by atoms with E-state index in [9.17, 15) is 8.78 Å². The van der Waals surface area contributed by atoms with Gasteiger partial charge in [-0.2, -0.15) is 0 Å². The van der Waals surface area contributed by atoms with Crippen LogP contribution in [-0.4, -0.2) is 12.7 Å². The van der Waals surface area contributed by atoms with E-state index >= 15 is 0 Å². The van der Waals surface area contributed by atoms with Crippen molar-refractivity contribution in [1.29, 1.82) is 0 Å². The zero-order chi connectivity index (χ0) is 21.3. The molecule has 1 aliphatic rings. The van der Waals surface area contributed by atoms with Crippen molar-refractivity contribution in [3.05, 3.63) is 71.8 Å². The van der Waals surface area contributed by atoms with Crippen molar-refractivity contribution in [2.24, 2.45) is 0 Å². The van der Waals surface area contributed by atoms with Crippen molar-refractivity contribution in [2.75, 3.05) is 6.61 Å². The van der Waals surface area contributed by atoms with E-state index in [1.54, 1.807) is 30.3 Å². The van der Waals surface area contributed by atoms with Crippen LogP contribution in [-0.2, 0) is 11.2 Å². The van der Waals surface area contributed by atoms with E-state index in [0.717, 1.165) is 50.7 Å². The second kappa shape index (κ2) is 11.4. The lowest BCUT2D eigenvalue weighted by molar-refractivity contribution is 0.0227. The monoisotopic (exact) mass is 412 g/mol. The van der Waals surface area contributed by atoms with Crippen LogP contribution in [0.25, 0.3) is 11.1 Å². The minimum atomic E-state index is -0.282. The summed E-state index contributed by atoms with van der Waals surface area (Å²) in [7, 11) is 0. The van der Waals surface area contributed by atoms with Crippen LogP contribution in [0.5, 0.6) is 0 Å². The summed E-state index contributed by atoms with van der Waals surface area (Å²) in [6, 6.07) is 10.5. The van der Waals surface area contributed by atoms with Gasteiger partial charge in [-0.15, -0.1) is 6.58 Å². The van der Waals surface area contributed by atoms with Crippen LogP contribution in [0.4, 0.5) is 8.78 Å². The van der Waals surface area contributed by atoms with Gasteiger partial charge in [0.05, 0.1) is 6.10 Å². The van der Waals surface area contributed by atoms with Crippen LogP contribution in [0, 0.1) is 11.6 Å². The summed E-state index contributed by atoms with van der Waals surface area (Å²) in [5.41, 5.74) is 2.73. The smallest absolute Gasteiger partial charge is 0.131 e. The highest BCUT2D eigenvalue weighted by Gasteiger charge is 2.23. The lowest BCUT2D eigenvalue weighted by atomic mass is 9.82. The molecule has 162 valence electrons. The van der Waals surface area contributed by atoms with Crippen LogP contribution < -0.4 is 0 Å². The molecule has 30 heavy (non-hydrogen) atoms. The second-order valence-corrected chi connectivity index (χ2v) is 8.42. The predicted molar refractivity (Wildman–Crippen MR) is 121 cm³/mol. The normalized spacial score (nSPS) is 19.0. The molecule has 0 aromatic heterocycles. The Morgan fingerprint density at radius 1 is 1.00 bits per heavy atom. The van der Waals surface area contributed by atoms with Gasteiger partial charge in [0, 0.05) is 12.2 Å². The fraction of sp³-hybridized carbons (Fsp3) is 0.481. The number of ether oxygens (including phenoxy) is 1. The Balaban J connectivity index is 1.61. The van der Waals surface area contributed by atoms with Crippen LogP contribution in [0.1, 0.15) is 75.3 Å². The summed E-state index contributed by atoms with van der Waals surface area (Å²) in [4.78, 5) is 0. The Morgan fingerprint density at radius 3 is 2.47 bits per heavy atom. The Bertz CT molecular complexity index is 822. The molecule has 0 atom stereocenters. The molecule has 2 aromatic carbocycles. The molecule has 0 saturated heterocycles. The quantitative estimate of drug-likeness (QED) is 0.284. The summed E-state index contributed by atoms with van der Waals surface area (Å²) in [5, 5.41) is 0. The van der Waals surface area contributed by atoms with E-state index in [0.29, 0.717) is 35.1 Å². The van der Waals surface area contributed by atoms with E-state index in [1.807, 2.05) is 6.07 Å². The number of benzene rings is 2. The largest absolute Gasteiger partial charge is 0.378 e. The fourth-order valence-electron chi connectivity index (χ4n) is 4.36. The molecule has 3 rings (SSSR count). The van der Waals surface area contributed by atoms with E-state index in [-0.39, 0.29) is 11.6 Å². The van der Waals surface area contributed by atoms with Crippen molar-refractivity contribution in [2.45, 2.75) is 76.7 Å². The molecule has 0 radical (unpaired) electrons. The minimum absolute atomic E-state index is 0.274. The van der Waals surface area contributed by atoms with Crippen molar-refractivity contribution in [3.63, 3.8) is 0 Å². The topological polar surface area (TPSA) is 9.23 Å². The molecule has 0 heterocycles. The summed E-state index contributed by atoms with van der Waals surface area (Å²) in [6.45, 7) is 6.73. The molecule has 0 spiro atoms. The SMILES string of the molecule is C=CCCc1ccc(-c2ccc(C3CCC(OCCCCC)CC3)cc2F)cc1F. The number of hydrogen-bond acceptors (Lipinski definition) is 1. The number of unbranched alkanes of at least 4 members (excludes halogenated alkanes) is 2. The average molecular weight is 413 g/mol. The van der Waals surface area contributed by atoms with Gasteiger partial charge in [0.2, 0.25) is 0 Å². The van der Waals surface area contributed by atoms with Gasteiger partial charge in [0.25, 0.3) is 0 Å². The zero-order valence-electron chi connectivity index (χ0n) is 18.1. The van der Waals surface area contributed by atoms with E-state index < -0.39 is 0 Å². The van der Waals surface area contributed by atoms with Gasteiger partial charge in [-0.25, -0.2) is 8.78 Å². The highest BCUT2D eigenvalue weighted by molar-refractivity contribution is 5.65. The molecule has 1 saturated carbocycles. The molecule has 0 N–H and O–H groups in total. The zero-order valence-corrected chi connectivity index (χ0v) is 18.1. The van der Waals surface area contributed by atoms with E-state index in [4.69, 9.17) is 4.74 Å². The van der Waals surface area contributed by atoms with E-state index in [1.165, 1.54) is 18.9 Å². The van der Waals surface area contributed by atoms with Gasteiger partial charge >= 0.3 is 0 Å². The summed E-state index contributed by atoms with van der Waals surface area (Å²) < 4.78 is 35.2. The highest BCUT2D eigenvalue weighted by atomic mass is 19.1. The third-order valence-electron chi connectivity index (χ3n) is 6.22. The molecule has 0 bridgehead atoms. The first kappa shape index (κ1) is 22.7. The number of halogens is 2. The maximum Gasteiger partial charge on any atom is 0.131 e. The summed E-state index contributed by atoms with van der Waals surface area (Å²) in [5.74, 6) is -0.180. The Hall–Kier alpha value is -2.00. The second-order valence-electron chi connectivity index (χ2n) is 8.42. The van der Waals surface area contributed by atoms with Crippen molar-refractivity contribution in [1.82, 2.24) is 0 Å². The molecule has 1 nitrogen and oxygen atoms in total. The van der Waals surface area contributed by atoms with Gasteiger partial charge < -0.3 is 4.74 Å². The minimum Gasteiger partial charge on any atom is -0.378 e. The van der Waals surface area contributed by atoms with Crippen LogP contribution >= 0.6 is 0 Å². The molecule has 0 unspecified atom stereocenters. The molecule has 3 heteroatoms. The van der Waals surface area contributed by atoms with Gasteiger partial charge in [0.1, 0.15) is 11.6 Å². The first-order valence-electron chi connectivity index (χ1n) is 11.4. The standard InChI is InChI=1S/C27H34F2O/c1-3-5-7-17-30-24-14-11-20(12-15-24)22-13-16-25(27(29)18-22)23-10-9-21(8-6-4-2)26(28)19-23/h4,9-10,13,16,18-20,24H,2-3,5-8,11-12,14-15,17H2,1H3. The number of aryl methyl sites for hydroxylation is 1. The fourth-order valence-corrected chi connectivity index (χ4v) is 4.36. The van der Waals surface area contributed by atoms with Crippen LogP contribution in [0.2, 0.25) is 0 Å². The molecule has 2 aromatic rings. The number of rotatable bonds is 10. The van der Waals surface area contributed by atoms with Crippen molar-refractivity contribution >= 4 is 0 Å².